The van der Waals surface area contributed by atoms with E-state index in [1.165, 1.54) is 12.1 Å². The summed E-state index contributed by atoms with van der Waals surface area (Å²) in [6, 6.07) is 6.42. The fourth-order valence-electron chi connectivity index (χ4n) is 2.45. The van der Waals surface area contributed by atoms with Gasteiger partial charge in [0, 0.05) is 13.1 Å². The fourth-order valence-corrected chi connectivity index (χ4v) is 2.45. The first-order valence-electron chi connectivity index (χ1n) is 6.93. The number of likely N-dealkylation sites (tertiary alicyclic amines) is 1. The highest BCUT2D eigenvalue weighted by atomic mass is 16.5. The Hall–Kier alpha value is -1.59. The predicted octanol–water partition coefficient (Wildman–Crippen LogP) is 1.47. The average Bonchev–Trinajstić information content (AvgIpc) is 2.88. The Kier molecular flexibility index (Phi) is 4.98. The van der Waals surface area contributed by atoms with Crippen LogP contribution in [-0.2, 0) is 0 Å². The Morgan fingerprint density at radius 1 is 1.45 bits per heavy atom. The van der Waals surface area contributed by atoms with Crippen molar-refractivity contribution >= 4 is 5.97 Å². The second-order valence-corrected chi connectivity index (χ2v) is 5.27. The molecular formula is C15H21NO4. The number of aliphatic hydroxyl groups is 1. The second kappa shape index (κ2) is 6.72. The van der Waals surface area contributed by atoms with E-state index < -0.39 is 5.97 Å². The topological polar surface area (TPSA) is 70.0 Å². The van der Waals surface area contributed by atoms with Gasteiger partial charge in [-0.2, -0.15) is 0 Å². The third-order valence-electron chi connectivity index (χ3n) is 3.77. The monoisotopic (exact) mass is 279 g/mol. The van der Waals surface area contributed by atoms with E-state index in [0.717, 1.165) is 26.1 Å². The van der Waals surface area contributed by atoms with Gasteiger partial charge in [-0.3, -0.25) is 4.90 Å². The molecule has 0 aromatic heterocycles. The molecule has 110 valence electrons. The quantitative estimate of drug-likeness (QED) is 0.825. The zero-order chi connectivity index (χ0) is 14.5. The van der Waals surface area contributed by atoms with E-state index in [4.69, 9.17) is 9.84 Å². The Morgan fingerprint density at radius 2 is 2.15 bits per heavy atom. The summed E-state index contributed by atoms with van der Waals surface area (Å²) in [6.07, 6.45) is 0.787. The van der Waals surface area contributed by atoms with Gasteiger partial charge < -0.3 is 14.9 Å². The fraction of sp³-hybridized carbons (Fsp3) is 0.533. The summed E-state index contributed by atoms with van der Waals surface area (Å²) >= 11 is 0. The molecule has 0 spiro atoms. The minimum atomic E-state index is -0.933. The largest absolute Gasteiger partial charge is 0.492 e. The Labute approximate surface area is 118 Å². The van der Waals surface area contributed by atoms with Gasteiger partial charge in [0.1, 0.15) is 12.4 Å². The number of hydrogen-bond donors (Lipinski definition) is 2. The minimum Gasteiger partial charge on any atom is -0.492 e. The van der Waals surface area contributed by atoms with Gasteiger partial charge in [-0.05, 0) is 50.1 Å². The lowest BCUT2D eigenvalue weighted by atomic mass is 10.0. The van der Waals surface area contributed by atoms with Crippen LogP contribution in [0.4, 0.5) is 0 Å². The minimum absolute atomic E-state index is 0.246. The molecule has 1 heterocycles. The highest BCUT2D eigenvalue weighted by molar-refractivity contribution is 5.87. The number of carboxylic acid groups (broad SMARTS) is 1. The van der Waals surface area contributed by atoms with Crippen LogP contribution in [0.15, 0.2) is 24.3 Å². The van der Waals surface area contributed by atoms with Crippen molar-refractivity contribution in [3.63, 3.8) is 0 Å². The number of aliphatic hydroxyl groups excluding tert-OH is 1. The van der Waals surface area contributed by atoms with Crippen molar-refractivity contribution in [2.45, 2.75) is 19.4 Å². The average molecular weight is 279 g/mol. The zero-order valence-electron chi connectivity index (χ0n) is 11.7. The number of carbonyl (C=O) groups is 1. The van der Waals surface area contributed by atoms with E-state index in [2.05, 4.69) is 4.90 Å². The van der Waals surface area contributed by atoms with E-state index in [1.807, 2.05) is 6.92 Å². The van der Waals surface area contributed by atoms with Crippen LogP contribution in [0.5, 0.6) is 5.75 Å². The van der Waals surface area contributed by atoms with Crippen molar-refractivity contribution in [3.05, 3.63) is 29.8 Å². The van der Waals surface area contributed by atoms with Gasteiger partial charge in [0.25, 0.3) is 0 Å². The molecule has 1 fully saturated rings. The molecule has 0 saturated carbocycles. The van der Waals surface area contributed by atoms with Gasteiger partial charge in [0.15, 0.2) is 0 Å². The summed E-state index contributed by atoms with van der Waals surface area (Å²) in [4.78, 5) is 13.0. The van der Waals surface area contributed by atoms with Crippen molar-refractivity contribution in [2.75, 3.05) is 26.2 Å². The lowest BCUT2D eigenvalue weighted by molar-refractivity contribution is 0.0697. The molecule has 20 heavy (non-hydrogen) atoms. The maximum Gasteiger partial charge on any atom is 0.335 e. The number of carboxylic acids is 1. The molecule has 0 bridgehead atoms. The van der Waals surface area contributed by atoms with Gasteiger partial charge in [-0.15, -0.1) is 0 Å². The number of ether oxygens (including phenoxy) is 1. The smallest absolute Gasteiger partial charge is 0.335 e. The molecule has 1 aliphatic heterocycles. The van der Waals surface area contributed by atoms with Crippen molar-refractivity contribution in [3.8, 4) is 5.75 Å². The number of aromatic carboxylic acids is 1. The van der Waals surface area contributed by atoms with E-state index in [-0.39, 0.29) is 11.7 Å². The number of rotatable bonds is 6. The first-order chi connectivity index (χ1) is 9.56. The maximum atomic E-state index is 10.7. The van der Waals surface area contributed by atoms with Crippen LogP contribution in [0.3, 0.4) is 0 Å². The van der Waals surface area contributed by atoms with Crippen LogP contribution in [-0.4, -0.2) is 53.4 Å². The molecule has 0 amide bonds. The molecule has 2 unspecified atom stereocenters. The van der Waals surface area contributed by atoms with Crippen LogP contribution >= 0.6 is 0 Å². The standard InChI is InChI=1S/C15H21NO4/c1-11(17)13-6-7-16(10-13)8-9-20-14-4-2-12(3-5-14)15(18)19/h2-5,11,13,17H,6-10H2,1H3,(H,18,19). The van der Waals surface area contributed by atoms with E-state index in [9.17, 15) is 9.90 Å². The third-order valence-corrected chi connectivity index (χ3v) is 3.77. The molecule has 5 heteroatoms. The highest BCUT2D eigenvalue weighted by Gasteiger charge is 2.25. The highest BCUT2D eigenvalue weighted by Crippen LogP contribution is 2.19. The normalized spacial score (nSPS) is 20.8. The molecule has 1 saturated heterocycles. The number of benzene rings is 1. The summed E-state index contributed by atoms with van der Waals surface area (Å²) in [5.74, 6) is 0.115. The Bertz CT molecular complexity index is 444. The van der Waals surface area contributed by atoms with Crippen molar-refractivity contribution in [1.82, 2.24) is 4.90 Å². The Balaban J connectivity index is 1.72. The first-order valence-corrected chi connectivity index (χ1v) is 6.93. The molecule has 2 N–H and O–H groups in total. The van der Waals surface area contributed by atoms with Crippen molar-refractivity contribution in [1.29, 1.82) is 0 Å². The molecule has 1 aromatic carbocycles. The molecule has 5 nitrogen and oxygen atoms in total. The molecule has 1 aromatic rings. The summed E-state index contributed by atoms with van der Waals surface area (Å²) in [6.45, 7) is 5.15. The molecule has 2 atom stereocenters. The van der Waals surface area contributed by atoms with Crippen LogP contribution in [0, 0.1) is 5.92 Å². The van der Waals surface area contributed by atoms with Crippen LogP contribution < -0.4 is 4.74 Å². The second-order valence-electron chi connectivity index (χ2n) is 5.27. The maximum absolute atomic E-state index is 10.7. The number of nitrogens with zero attached hydrogens (tertiary/aromatic N) is 1. The van der Waals surface area contributed by atoms with Crippen LogP contribution in [0.1, 0.15) is 23.7 Å². The lowest BCUT2D eigenvalue weighted by Gasteiger charge is -2.17. The molecule has 1 aliphatic rings. The van der Waals surface area contributed by atoms with E-state index >= 15 is 0 Å². The predicted molar refractivity (Wildman–Crippen MR) is 75.1 cm³/mol. The summed E-state index contributed by atoms with van der Waals surface area (Å²) in [5, 5.41) is 18.3. The zero-order valence-corrected chi connectivity index (χ0v) is 11.7. The van der Waals surface area contributed by atoms with Crippen LogP contribution in [0.2, 0.25) is 0 Å². The Morgan fingerprint density at radius 3 is 2.70 bits per heavy atom. The van der Waals surface area contributed by atoms with E-state index in [0.29, 0.717) is 18.3 Å². The van der Waals surface area contributed by atoms with Crippen molar-refractivity contribution < 1.29 is 19.7 Å². The lowest BCUT2D eigenvalue weighted by Crippen LogP contribution is -2.28. The number of hydrogen-bond acceptors (Lipinski definition) is 4. The molecule has 0 aliphatic carbocycles. The molecule has 0 radical (unpaired) electrons. The molecule has 2 rings (SSSR count). The summed E-state index contributed by atoms with van der Waals surface area (Å²) in [7, 11) is 0. The first kappa shape index (κ1) is 14.8. The van der Waals surface area contributed by atoms with Gasteiger partial charge in [-0.25, -0.2) is 4.79 Å². The van der Waals surface area contributed by atoms with Gasteiger partial charge in [0.2, 0.25) is 0 Å². The van der Waals surface area contributed by atoms with Crippen LogP contribution in [0.25, 0.3) is 0 Å². The van der Waals surface area contributed by atoms with E-state index in [1.54, 1.807) is 12.1 Å². The van der Waals surface area contributed by atoms with Gasteiger partial charge in [0.05, 0.1) is 11.7 Å². The van der Waals surface area contributed by atoms with Gasteiger partial charge >= 0.3 is 5.97 Å². The van der Waals surface area contributed by atoms with Crippen molar-refractivity contribution in [2.24, 2.45) is 5.92 Å². The molecular weight excluding hydrogens is 258 g/mol. The van der Waals surface area contributed by atoms with Gasteiger partial charge in [-0.1, -0.05) is 0 Å². The summed E-state index contributed by atoms with van der Waals surface area (Å²) in [5.41, 5.74) is 0.261. The summed E-state index contributed by atoms with van der Waals surface area (Å²) < 4.78 is 5.60. The SMILES string of the molecule is CC(O)C1CCN(CCOc2ccc(C(=O)O)cc2)C1. The third kappa shape index (κ3) is 3.95.